The fourth-order valence-corrected chi connectivity index (χ4v) is 2.57. The summed E-state index contributed by atoms with van der Waals surface area (Å²) in [5.41, 5.74) is 0.233. The van der Waals surface area contributed by atoms with Crippen molar-refractivity contribution in [1.29, 1.82) is 0 Å². The molecule has 0 fully saturated rings. The van der Waals surface area contributed by atoms with Crippen LogP contribution in [0.25, 0.3) is 0 Å². The summed E-state index contributed by atoms with van der Waals surface area (Å²) in [7, 11) is 3.02. The zero-order valence-electron chi connectivity index (χ0n) is 12.6. The minimum absolute atomic E-state index is 0.0947. The van der Waals surface area contributed by atoms with E-state index in [-0.39, 0.29) is 28.5 Å². The van der Waals surface area contributed by atoms with Gasteiger partial charge in [-0.25, -0.2) is 8.42 Å². The Kier molecular flexibility index (Phi) is 6.24. The fraction of sp³-hybridized carbons (Fsp3) is 0.615. The maximum atomic E-state index is 12.3. The molecule has 0 spiro atoms. The number of aryl methyl sites for hydroxylation is 1. The van der Waals surface area contributed by atoms with Crippen LogP contribution in [0.2, 0.25) is 0 Å². The van der Waals surface area contributed by atoms with Crippen molar-refractivity contribution >= 4 is 25.6 Å². The molecule has 1 unspecified atom stereocenters. The molecule has 1 rings (SSSR count). The van der Waals surface area contributed by atoms with E-state index in [1.807, 2.05) is 20.8 Å². The number of aromatic nitrogens is 1. The largest absolute Gasteiger partial charge is 0.380 e. The topological polar surface area (TPSA) is 77.4 Å². The van der Waals surface area contributed by atoms with Crippen molar-refractivity contribution in [1.82, 2.24) is 9.88 Å². The molecule has 1 N–H and O–H groups in total. The van der Waals surface area contributed by atoms with E-state index in [2.05, 4.69) is 5.32 Å². The monoisotopic (exact) mass is 336 g/mol. The van der Waals surface area contributed by atoms with Crippen molar-refractivity contribution in [3.8, 4) is 0 Å². The first kappa shape index (κ1) is 18.0. The van der Waals surface area contributed by atoms with Gasteiger partial charge in [0.05, 0.1) is 12.6 Å². The molecule has 21 heavy (non-hydrogen) atoms. The number of nitrogens with zero attached hydrogens (tertiary/aromatic N) is 1. The summed E-state index contributed by atoms with van der Waals surface area (Å²) in [5, 5.41) is 2.85. The number of amides is 1. The van der Waals surface area contributed by atoms with Crippen molar-refractivity contribution < 1.29 is 17.9 Å². The highest BCUT2D eigenvalue weighted by Crippen LogP contribution is 2.18. The minimum atomic E-state index is -3.85. The van der Waals surface area contributed by atoms with Crippen LogP contribution in [0.15, 0.2) is 17.2 Å². The Morgan fingerprint density at radius 2 is 2.10 bits per heavy atom. The van der Waals surface area contributed by atoms with Crippen LogP contribution in [-0.2, 0) is 20.8 Å². The van der Waals surface area contributed by atoms with Crippen LogP contribution in [-0.4, -0.2) is 38.1 Å². The normalized spacial score (nSPS) is 13.4. The molecule has 0 aromatic carbocycles. The number of ether oxygens (including phenoxy) is 1. The second kappa shape index (κ2) is 7.29. The second-order valence-corrected chi connectivity index (χ2v) is 7.66. The van der Waals surface area contributed by atoms with Gasteiger partial charge in [-0.1, -0.05) is 13.8 Å². The Labute approximate surface area is 129 Å². The van der Waals surface area contributed by atoms with Crippen molar-refractivity contribution in [2.75, 3.05) is 13.2 Å². The van der Waals surface area contributed by atoms with E-state index < -0.39 is 9.05 Å². The summed E-state index contributed by atoms with van der Waals surface area (Å²) in [5.74, 6) is -0.167. The quantitative estimate of drug-likeness (QED) is 0.769. The lowest BCUT2D eigenvalue weighted by Crippen LogP contribution is -2.42. The first-order valence-electron chi connectivity index (χ1n) is 6.66. The van der Waals surface area contributed by atoms with Crippen molar-refractivity contribution in [3.05, 3.63) is 18.0 Å². The molecule has 120 valence electrons. The number of nitrogens with one attached hydrogen (secondary N) is 1. The maximum Gasteiger partial charge on any atom is 0.268 e. The van der Waals surface area contributed by atoms with E-state index in [1.165, 1.54) is 16.8 Å². The molecule has 0 aliphatic carbocycles. The van der Waals surface area contributed by atoms with Crippen molar-refractivity contribution in [2.45, 2.75) is 31.7 Å². The molecule has 6 nitrogen and oxygen atoms in total. The summed E-state index contributed by atoms with van der Waals surface area (Å²) < 4.78 is 29.4. The van der Waals surface area contributed by atoms with Crippen LogP contribution in [0.4, 0.5) is 0 Å². The second-order valence-electron chi connectivity index (χ2n) is 5.09. The summed E-state index contributed by atoms with van der Waals surface area (Å²) in [4.78, 5) is 12.2. The molecule has 0 radical (unpaired) electrons. The van der Waals surface area contributed by atoms with Gasteiger partial charge in [0.2, 0.25) is 0 Å². The lowest BCUT2D eigenvalue weighted by molar-refractivity contribution is 0.0799. The van der Waals surface area contributed by atoms with Gasteiger partial charge in [0, 0.05) is 30.5 Å². The molecule has 8 heteroatoms. The summed E-state index contributed by atoms with van der Waals surface area (Å²) in [6.45, 7) is 6.81. The molecule has 1 aromatic heterocycles. The summed E-state index contributed by atoms with van der Waals surface area (Å²) in [6, 6.07) is 1.11. The summed E-state index contributed by atoms with van der Waals surface area (Å²) >= 11 is 0. The molecule has 1 heterocycles. The number of carbonyl (C=O) groups excluding carboxylic acids is 1. The first-order chi connectivity index (χ1) is 9.66. The SMILES string of the molecule is CCOCC(NC(=O)c1cc(S(=O)(=O)Cl)cn1C)C(C)C. The molecule has 0 bridgehead atoms. The zero-order valence-corrected chi connectivity index (χ0v) is 14.2. The highest BCUT2D eigenvalue weighted by molar-refractivity contribution is 8.13. The Bertz CT molecular complexity index is 595. The van der Waals surface area contributed by atoms with E-state index in [9.17, 15) is 13.2 Å². The average Bonchev–Trinajstić information content (AvgIpc) is 2.76. The standard InChI is InChI=1S/C13H21ClN2O4S/c1-5-20-8-11(9(2)3)15-13(17)12-6-10(7-16(12)4)21(14,18)19/h6-7,9,11H,5,8H2,1-4H3,(H,15,17). The van der Waals surface area contributed by atoms with Crippen LogP contribution < -0.4 is 5.32 Å². The van der Waals surface area contributed by atoms with Crippen LogP contribution in [0.1, 0.15) is 31.3 Å². The zero-order chi connectivity index (χ0) is 16.2. The van der Waals surface area contributed by atoms with Gasteiger partial charge in [0.25, 0.3) is 15.0 Å². The van der Waals surface area contributed by atoms with Crippen LogP contribution >= 0.6 is 10.7 Å². The van der Waals surface area contributed by atoms with Gasteiger partial charge in [-0.2, -0.15) is 0 Å². The number of hydrogen-bond acceptors (Lipinski definition) is 4. The van der Waals surface area contributed by atoms with Gasteiger partial charge < -0.3 is 14.6 Å². The minimum Gasteiger partial charge on any atom is -0.380 e. The molecular weight excluding hydrogens is 316 g/mol. The molecule has 0 aliphatic rings. The number of carbonyl (C=O) groups is 1. The van der Waals surface area contributed by atoms with Crippen molar-refractivity contribution in [2.24, 2.45) is 13.0 Å². The molecule has 0 aliphatic heterocycles. The van der Waals surface area contributed by atoms with E-state index in [1.54, 1.807) is 7.05 Å². The van der Waals surface area contributed by atoms with Gasteiger partial charge >= 0.3 is 0 Å². The van der Waals surface area contributed by atoms with Crippen LogP contribution in [0.3, 0.4) is 0 Å². The van der Waals surface area contributed by atoms with E-state index in [0.717, 1.165) is 0 Å². The van der Waals surface area contributed by atoms with Crippen molar-refractivity contribution in [3.63, 3.8) is 0 Å². The number of rotatable bonds is 7. The van der Waals surface area contributed by atoms with Crippen LogP contribution in [0.5, 0.6) is 0 Å². The predicted octanol–water partition coefficient (Wildman–Crippen LogP) is 1.74. The van der Waals surface area contributed by atoms with Crippen LogP contribution in [0, 0.1) is 5.92 Å². The third-order valence-electron chi connectivity index (χ3n) is 3.12. The molecule has 1 atom stereocenters. The molecule has 0 saturated heterocycles. The van der Waals surface area contributed by atoms with Gasteiger partial charge in [0.1, 0.15) is 10.6 Å². The van der Waals surface area contributed by atoms with E-state index in [4.69, 9.17) is 15.4 Å². The Balaban J connectivity index is 2.90. The number of halogens is 1. The number of hydrogen-bond donors (Lipinski definition) is 1. The average molecular weight is 337 g/mol. The van der Waals surface area contributed by atoms with Gasteiger partial charge in [-0.05, 0) is 18.9 Å². The third kappa shape index (κ3) is 5.01. The Hall–Kier alpha value is -1.05. The highest BCUT2D eigenvalue weighted by atomic mass is 35.7. The fourth-order valence-electron chi connectivity index (χ4n) is 1.78. The van der Waals surface area contributed by atoms with Gasteiger partial charge in [-0.15, -0.1) is 0 Å². The molecular formula is C13H21ClN2O4S. The van der Waals surface area contributed by atoms with E-state index in [0.29, 0.717) is 13.2 Å². The molecule has 0 saturated carbocycles. The Morgan fingerprint density at radius 1 is 1.48 bits per heavy atom. The van der Waals surface area contributed by atoms with Gasteiger partial charge in [0.15, 0.2) is 0 Å². The first-order valence-corrected chi connectivity index (χ1v) is 8.97. The lowest BCUT2D eigenvalue weighted by Gasteiger charge is -2.22. The predicted molar refractivity (Wildman–Crippen MR) is 81.0 cm³/mol. The molecule has 1 aromatic rings. The van der Waals surface area contributed by atoms with E-state index >= 15 is 0 Å². The third-order valence-corrected chi connectivity index (χ3v) is 4.44. The smallest absolute Gasteiger partial charge is 0.268 e. The van der Waals surface area contributed by atoms with Gasteiger partial charge in [-0.3, -0.25) is 4.79 Å². The highest BCUT2D eigenvalue weighted by Gasteiger charge is 2.22. The maximum absolute atomic E-state index is 12.3. The Morgan fingerprint density at radius 3 is 2.52 bits per heavy atom. The lowest BCUT2D eigenvalue weighted by atomic mass is 10.1. The summed E-state index contributed by atoms with van der Waals surface area (Å²) in [6.07, 6.45) is 1.31. The molecule has 1 amide bonds.